The SMILES string of the molecule is C1CCC2(C1)C1CNCC2CN(C(C2CC2)C2CC2)C1.Cl.Cl. The smallest absolute Gasteiger partial charge is 0.0152 e. The van der Waals surface area contributed by atoms with Crippen LogP contribution < -0.4 is 5.32 Å². The van der Waals surface area contributed by atoms with Crippen molar-refractivity contribution in [3.05, 3.63) is 0 Å². The largest absolute Gasteiger partial charge is 0.316 e. The Bertz CT molecular complexity index is 361. The Balaban J connectivity index is 0.000000720. The van der Waals surface area contributed by atoms with Crippen molar-refractivity contribution in [2.24, 2.45) is 29.1 Å². The molecular weight excluding hydrogens is 315 g/mol. The van der Waals surface area contributed by atoms with E-state index in [0.29, 0.717) is 0 Å². The molecule has 22 heavy (non-hydrogen) atoms. The predicted molar refractivity (Wildman–Crippen MR) is 96.1 cm³/mol. The molecule has 128 valence electrons. The molecule has 2 saturated heterocycles. The summed E-state index contributed by atoms with van der Waals surface area (Å²) in [6.45, 7) is 5.49. The zero-order valence-corrected chi connectivity index (χ0v) is 15.3. The highest BCUT2D eigenvalue weighted by Crippen LogP contribution is 2.56. The summed E-state index contributed by atoms with van der Waals surface area (Å²) in [6, 6.07) is 0.997. The van der Waals surface area contributed by atoms with Gasteiger partial charge in [0.25, 0.3) is 0 Å². The zero-order chi connectivity index (χ0) is 13.2. The quantitative estimate of drug-likeness (QED) is 0.837. The van der Waals surface area contributed by atoms with Crippen molar-refractivity contribution in [1.82, 2.24) is 10.2 Å². The first-order valence-electron chi connectivity index (χ1n) is 9.31. The van der Waals surface area contributed by atoms with Gasteiger partial charge in [0, 0.05) is 19.1 Å². The molecule has 3 saturated carbocycles. The maximum absolute atomic E-state index is 3.76. The lowest BCUT2D eigenvalue weighted by Gasteiger charge is -2.56. The van der Waals surface area contributed by atoms with Crippen LogP contribution in [0.15, 0.2) is 0 Å². The summed E-state index contributed by atoms with van der Waals surface area (Å²) in [4.78, 5) is 3.00. The van der Waals surface area contributed by atoms with E-state index in [1.807, 2.05) is 0 Å². The molecule has 5 rings (SSSR count). The lowest BCUT2D eigenvalue weighted by atomic mass is 9.60. The number of hydrogen-bond acceptors (Lipinski definition) is 2. The molecule has 0 aromatic heterocycles. The van der Waals surface area contributed by atoms with Crippen LogP contribution in [0.1, 0.15) is 51.4 Å². The molecule has 2 unspecified atom stereocenters. The molecule has 2 atom stereocenters. The van der Waals surface area contributed by atoms with Gasteiger partial charge >= 0.3 is 0 Å². The molecule has 1 spiro atoms. The molecule has 0 aromatic carbocycles. The topological polar surface area (TPSA) is 15.3 Å². The van der Waals surface area contributed by atoms with Crippen molar-refractivity contribution in [2.45, 2.75) is 57.4 Å². The van der Waals surface area contributed by atoms with Crippen molar-refractivity contribution in [3.8, 4) is 0 Å². The van der Waals surface area contributed by atoms with E-state index in [0.717, 1.165) is 35.1 Å². The molecule has 5 fully saturated rings. The Labute approximate surface area is 148 Å². The standard InChI is InChI=1S/C18H30N2.2ClH/c1-2-8-18(7-1)15-9-19-10-16(18)12-20(11-15)17(13-3-4-13)14-5-6-14;;/h13-17,19H,1-12H2;2*1H. The van der Waals surface area contributed by atoms with Crippen molar-refractivity contribution >= 4 is 24.8 Å². The highest BCUT2D eigenvalue weighted by Gasteiger charge is 2.55. The van der Waals surface area contributed by atoms with E-state index in [-0.39, 0.29) is 24.8 Å². The third kappa shape index (κ3) is 2.72. The molecule has 0 amide bonds. The van der Waals surface area contributed by atoms with Gasteiger partial charge in [-0.25, -0.2) is 0 Å². The average Bonchev–Trinajstić information content (AvgIpc) is 3.35. The van der Waals surface area contributed by atoms with E-state index in [9.17, 15) is 0 Å². The van der Waals surface area contributed by atoms with Gasteiger partial charge < -0.3 is 5.32 Å². The van der Waals surface area contributed by atoms with E-state index in [1.165, 1.54) is 64.7 Å². The fourth-order valence-electron chi connectivity index (χ4n) is 6.25. The molecule has 2 heterocycles. The van der Waals surface area contributed by atoms with Gasteiger partial charge in [0.05, 0.1) is 0 Å². The second-order valence-electron chi connectivity index (χ2n) is 8.61. The van der Waals surface area contributed by atoms with E-state index in [4.69, 9.17) is 0 Å². The summed E-state index contributed by atoms with van der Waals surface area (Å²) in [7, 11) is 0. The Morgan fingerprint density at radius 1 is 0.818 bits per heavy atom. The third-order valence-electron chi connectivity index (χ3n) is 7.48. The van der Waals surface area contributed by atoms with E-state index in [2.05, 4.69) is 10.2 Å². The number of halogens is 2. The average molecular weight is 347 g/mol. The van der Waals surface area contributed by atoms with Gasteiger partial charge in [-0.15, -0.1) is 24.8 Å². The number of piperidine rings is 2. The van der Waals surface area contributed by atoms with Crippen LogP contribution in [0.3, 0.4) is 0 Å². The van der Waals surface area contributed by atoms with Gasteiger partial charge in [0.1, 0.15) is 0 Å². The molecule has 2 bridgehead atoms. The van der Waals surface area contributed by atoms with Gasteiger partial charge in [-0.2, -0.15) is 0 Å². The van der Waals surface area contributed by atoms with Crippen molar-refractivity contribution in [2.75, 3.05) is 26.2 Å². The van der Waals surface area contributed by atoms with Gasteiger partial charge in [-0.1, -0.05) is 12.8 Å². The summed E-state index contributed by atoms with van der Waals surface area (Å²) < 4.78 is 0. The Hall–Kier alpha value is 0.500. The van der Waals surface area contributed by atoms with Gasteiger partial charge in [-0.3, -0.25) is 4.90 Å². The first kappa shape index (κ1) is 17.3. The number of hydrogen-bond donors (Lipinski definition) is 1. The molecular formula is C18H32Cl2N2. The lowest BCUT2D eigenvalue weighted by Crippen LogP contribution is -2.63. The summed E-state index contributed by atoms with van der Waals surface area (Å²) in [5, 5.41) is 3.76. The minimum Gasteiger partial charge on any atom is -0.316 e. The molecule has 3 aliphatic carbocycles. The maximum atomic E-state index is 3.76. The minimum atomic E-state index is 0. The molecule has 5 aliphatic rings. The minimum absolute atomic E-state index is 0. The molecule has 0 aromatic rings. The number of likely N-dealkylation sites (tertiary alicyclic amines) is 1. The first-order chi connectivity index (χ1) is 9.87. The zero-order valence-electron chi connectivity index (χ0n) is 13.6. The van der Waals surface area contributed by atoms with Crippen LogP contribution in [-0.2, 0) is 0 Å². The van der Waals surface area contributed by atoms with Crippen molar-refractivity contribution in [1.29, 1.82) is 0 Å². The van der Waals surface area contributed by atoms with Crippen molar-refractivity contribution < 1.29 is 0 Å². The first-order valence-corrected chi connectivity index (χ1v) is 9.31. The van der Waals surface area contributed by atoms with Crippen LogP contribution in [-0.4, -0.2) is 37.1 Å². The monoisotopic (exact) mass is 346 g/mol. The Morgan fingerprint density at radius 2 is 1.32 bits per heavy atom. The predicted octanol–water partition coefficient (Wildman–Crippen LogP) is 3.73. The van der Waals surface area contributed by atoms with E-state index in [1.54, 1.807) is 12.8 Å². The molecule has 0 radical (unpaired) electrons. The number of nitrogens with zero attached hydrogens (tertiary/aromatic N) is 1. The van der Waals surface area contributed by atoms with Gasteiger partial charge in [0.2, 0.25) is 0 Å². The van der Waals surface area contributed by atoms with Crippen LogP contribution in [0.4, 0.5) is 0 Å². The van der Waals surface area contributed by atoms with E-state index >= 15 is 0 Å². The van der Waals surface area contributed by atoms with E-state index < -0.39 is 0 Å². The molecule has 4 heteroatoms. The number of nitrogens with one attached hydrogen (secondary N) is 1. The summed E-state index contributed by atoms with van der Waals surface area (Å²) in [5.41, 5.74) is 0.763. The Kier molecular flexibility index (Phi) is 5.06. The second-order valence-corrected chi connectivity index (χ2v) is 8.61. The van der Waals surface area contributed by atoms with Crippen molar-refractivity contribution in [3.63, 3.8) is 0 Å². The number of rotatable bonds is 3. The molecule has 2 nitrogen and oxygen atoms in total. The second kappa shape index (κ2) is 6.43. The highest BCUT2D eigenvalue weighted by atomic mass is 35.5. The fourth-order valence-corrected chi connectivity index (χ4v) is 6.25. The van der Waals surface area contributed by atoms with Crippen LogP contribution in [0.2, 0.25) is 0 Å². The maximum Gasteiger partial charge on any atom is 0.0152 e. The van der Waals surface area contributed by atoms with Crippen LogP contribution in [0, 0.1) is 29.1 Å². The summed E-state index contributed by atoms with van der Waals surface area (Å²) in [6.07, 6.45) is 12.3. The fraction of sp³-hybridized carbons (Fsp3) is 1.00. The van der Waals surface area contributed by atoms with Gasteiger partial charge in [-0.05, 0) is 80.7 Å². The molecule has 1 N–H and O–H groups in total. The summed E-state index contributed by atoms with van der Waals surface area (Å²) in [5.74, 6) is 4.12. The van der Waals surface area contributed by atoms with Crippen LogP contribution >= 0.6 is 24.8 Å². The Morgan fingerprint density at radius 3 is 1.77 bits per heavy atom. The third-order valence-corrected chi connectivity index (χ3v) is 7.48. The lowest BCUT2D eigenvalue weighted by molar-refractivity contribution is -0.0659. The van der Waals surface area contributed by atoms with Gasteiger partial charge in [0.15, 0.2) is 0 Å². The highest BCUT2D eigenvalue weighted by molar-refractivity contribution is 5.85. The van der Waals surface area contributed by atoms with Crippen LogP contribution in [0.25, 0.3) is 0 Å². The summed E-state index contributed by atoms with van der Waals surface area (Å²) >= 11 is 0. The normalized spacial score (nSPS) is 37.0. The van der Waals surface area contributed by atoms with Crippen LogP contribution in [0.5, 0.6) is 0 Å². The molecule has 2 aliphatic heterocycles.